The fourth-order valence-electron chi connectivity index (χ4n) is 3.14. The first-order chi connectivity index (χ1) is 13.5. The SMILES string of the molecule is CC(Sc1ccccc1Cl)C(=O)NCc1ccc(CN2CCN(C)CC2)cc1. The second-order valence-corrected chi connectivity index (χ2v) is 9.09. The second kappa shape index (κ2) is 10.3. The predicted octanol–water partition coefficient (Wildman–Crippen LogP) is 3.88. The first-order valence-corrected chi connectivity index (χ1v) is 10.9. The van der Waals surface area contributed by atoms with Crippen LogP contribution in [0, 0.1) is 0 Å². The predicted molar refractivity (Wildman–Crippen MR) is 118 cm³/mol. The summed E-state index contributed by atoms with van der Waals surface area (Å²) in [5.74, 6) is 0.0198. The third-order valence-electron chi connectivity index (χ3n) is 5.00. The molecule has 0 radical (unpaired) electrons. The fraction of sp³-hybridized carbons (Fsp3) is 0.409. The van der Waals surface area contributed by atoms with Crippen LogP contribution in [0.4, 0.5) is 0 Å². The van der Waals surface area contributed by atoms with Crippen LogP contribution >= 0.6 is 23.4 Å². The molecule has 1 unspecified atom stereocenters. The molecule has 1 aliphatic heterocycles. The lowest BCUT2D eigenvalue weighted by Crippen LogP contribution is -2.43. The molecule has 2 aromatic rings. The number of nitrogens with one attached hydrogen (secondary N) is 1. The van der Waals surface area contributed by atoms with E-state index in [1.807, 2.05) is 31.2 Å². The van der Waals surface area contributed by atoms with Crippen molar-refractivity contribution in [3.8, 4) is 0 Å². The summed E-state index contributed by atoms with van der Waals surface area (Å²) in [6.45, 7) is 7.95. The highest BCUT2D eigenvalue weighted by molar-refractivity contribution is 8.00. The summed E-state index contributed by atoms with van der Waals surface area (Å²) < 4.78 is 0. The quantitative estimate of drug-likeness (QED) is 0.693. The number of carbonyl (C=O) groups excluding carboxylic acids is 1. The zero-order valence-electron chi connectivity index (χ0n) is 16.5. The van der Waals surface area contributed by atoms with Gasteiger partial charge in [0.05, 0.1) is 10.3 Å². The highest BCUT2D eigenvalue weighted by atomic mass is 35.5. The van der Waals surface area contributed by atoms with E-state index in [-0.39, 0.29) is 11.2 Å². The number of hydrogen-bond acceptors (Lipinski definition) is 4. The Morgan fingerprint density at radius 3 is 2.39 bits per heavy atom. The monoisotopic (exact) mass is 417 g/mol. The standard InChI is InChI=1S/C22H28ClN3OS/c1-17(28-21-6-4-3-5-20(21)23)22(27)24-15-18-7-9-19(10-8-18)16-26-13-11-25(2)12-14-26/h3-10,17H,11-16H2,1-2H3,(H,24,27). The Hall–Kier alpha value is -1.53. The van der Waals surface area contributed by atoms with Crippen LogP contribution in [0.2, 0.25) is 5.02 Å². The summed E-state index contributed by atoms with van der Waals surface area (Å²) in [6, 6.07) is 16.2. The van der Waals surface area contributed by atoms with Crippen molar-refractivity contribution >= 4 is 29.3 Å². The molecular weight excluding hydrogens is 390 g/mol. The third kappa shape index (κ3) is 6.24. The van der Waals surface area contributed by atoms with Crippen molar-refractivity contribution < 1.29 is 4.79 Å². The Labute approximate surface area is 177 Å². The van der Waals surface area contributed by atoms with E-state index in [4.69, 9.17) is 11.6 Å². The molecular formula is C22H28ClN3OS. The fourth-order valence-corrected chi connectivity index (χ4v) is 4.32. The lowest BCUT2D eigenvalue weighted by molar-refractivity contribution is -0.120. The maximum Gasteiger partial charge on any atom is 0.233 e. The summed E-state index contributed by atoms with van der Waals surface area (Å²) in [6.07, 6.45) is 0. The molecule has 6 heteroatoms. The van der Waals surface area contributed by atoms with Crippen molar-refractivity contribution in [2.45, 2.75) is 30.2 Å². The van der Waals surface area contributed by atoms with E-state index in [1.54, 1.807) is 0 Å². The Kier molecular flexibility index (Phi) is 7.80. The number of carbonyl (C=O) groups is 1. The van der Waals surface area contributed by atoms with Gasteiger partial charge < -0.3 is 10.2 Å². The molecule has 1 aliphatic rings. The van der Waals surface area contributed by atoms with Gasteiger partial charge in [0.25, 0.3) is 0 Å². The minimum atomic E-state index is -0.198. The number of nitrogens with zero attached hydrogens (tertiary/aromatic N) is 2. The van der Waals surface area contributed by atoms with Gasteiger partial charge in [0.1, 0.15) is 0 Å². The van der Waals surface area contributed by atoms with Crippen molar-refractivity contribution in [3.63, 3.8) is 0 Å². The Balaban J connectivity index is 1.45. The van der Waals surface area contributed by atoms with Crippen LogP contribution in [0.15, 0.2) is 53.4 Å². The lowest BCUT2D eigenvalue weighted by Gasteiger charge is -2.32. The average Bonchev–Trinajstić information content (AvgIpc) is 2.70. The number of benzene rings is 2. The number of hydrogen-bond donors (Lipinski definition) is 1. The third-order valence-corrected chi connectivity index (χ3v) is 6.62. The van der Waals surface area contributed by atoms with Crippen LogP contribution < -0.4 is 5.32 Å². The summed E-state index contributed by atoms with van der Waals surface area (Å²) in [7, 11) is 2.17. The van der Waals surface area contributed by atoms with Gasteiger partial charge in [-0.05, 0) is 37.2 Å². The van der Waals surface area contributed by atoms with Gasteiger partial charge in [0.2, 0.25) is 5.91 Å². The molecule has 28 heavy (non-hydrogen) atoms. The molecule has 1 fully saturated rings. The number of halogens is 1. The highest BCUT2D eigenvalue weighted by Crippen LogP contribution is 2.30. The van der Waals surface area contributed by atoms with Crippen molar-refractivity contribution in [1.29, 1.82) is 0 Å². The number of thioether (sulfide) groups is 1. The summed E-state index contributed by atoms with van der Waals surface area (Å²) in [5.41, 5.74) is 2.44. The topological polar surface area (TPSA) is 35.6 Å². The number of amides is 1. The van der Waals surface area contributed by atoms with E-state index in [1.165, 1.54) is 17.3 Å². The van der Waals surface area contributed by atoms with Crippen LogP contribution in [-0.4, -0.2) is 54.2 Å². The van der Waals surface area contributed by atoms with Gasteiger partial charge >= 0.3 is 0 Å². The minimum absolute atomic E-state index is 0.0198. The highest BCUT2D eigenvalue weighted by Gasteiger charge is 2.16. The Bertz CT molecular complexity index is 776. The molecule has 0 saturated carbocycles. The van der Waals surface area contributed by atoms with Gasteiger partial charge in [0, 0.05) is 44.2 Å². The van der Waals surface area contributed by atoms with E-state index < -0.39 is 0 Å². The molecule has 1 amide bonds. The second-order valence-electron chi connectivity index (χ2n) is 7.30. The normalized spacial score (nSPS) is 16.7. The maximum atomic E-state index is 12.4. The van der Waals surface area contributed by atoms with Gasteiger partial charge in [-0.3, -0.25) is 9.69 Å². The van der Waals surface area contributed by atoms with E-state index in [0.717, 1.165) is 43.2 Å². The Morgan fingerprint density at radius 1 is 1.07 bits per heavy atom. The molecule has 1 saturated heterocycles. The summed E-state index contributed by atoms with van der Waals surface area (Å²) >= 11 is 7.66. The van der Waals surface area contributed by atoms with Crippen LogP contribution in [0.3, 0.4) is 0 Å². The molecule has 3 rings (SSSR count). The average molecular weight is 418 g/mol. The molecule has 0 spiro atoms. The van der Waals surface area contributed by atoms with E-state index in [2.05, 4.69) is 46.4 Å². The molecule has 0 aromatic heterocycles. The lowest BCUT2D eigenvalue weighted by atomic mass is 10.1. The van der Waals surface area contributed by atoms with Crippen molar-refractivity contribution in [2.75, 3.05) is 33.2 Å². The van der Waals surface area contributed by atoms with Crippen LogP contribution in [-0.2, 0) is 17.9 Å². The van der Waals surface area contributed by atoms with E-state index >= 15 is 0 Å². The molecule has 0 bridgehead atoms. The molecule has 1 atom stereocenters. The van der Waals surface area contributed by atoms with Crippen molar-refractivity contribution in [3.05, 3.63) is 64.7 Å². The molecule has 4 nitrogen and oxygen atoms in total. The van der Waals surface area contributed by atoms with Crippen molar-refractivity contribution in [1.82, 2.24) is 15.1 Å². The zero-order chi connectivity index (χ0) is 19.9. The molecule has 1 heterocycles. The van der Waals surface area contributed by atoms with Gasteiger partial charge in [-0.15, -0.1) is 11.8 Å². The molecule has 1 N–H and O–H groups in total. The number of piperazine rings is 1. The van der Waals surface area contributed by atoms with Gasteiger partial charge in [-0.1, -0.05) is 48.0 Å². The Morgan fingerprint density at radius 2 is 1.71 bits per heavy atom. The van der Waals surface area contributed by atoms with E-state index in [9.17, 15) is 4.79 Å². The van der Waals surface area contributed by atoms with Crippen LogP contribution in [0.1, 0.15) is 18.1 Å². The number of likely N-dealkylation sites (N-methyl/N-ethyl adjacent to an activating group) is 1. The van der Waals surface area contributed by atoms with Crippen LogP contribution in [0.25, 0.3) is 0 Å². The summed E-state index contributed by atoms with van der Waals surface area (Å²) in [5, 5.41) is 3.51. The smallest absolute Gasteiger partial charge is 0.233 e. The first kappa shape index (κ1) is 21.2. The largest absolute Gasteiger partial charge is 0.351 e. The minimum Gasteiger partial charge on any atom is -0.351 e. The van der Waals surface area contributed by atoms with Crippen LogP contribution in [0.5, 0.6) is 0 Å². The zero-order valence-corrected chi connectivity index (χ0v) is 18.1. The first-order valence-electron chi connectivity index (χ1n) is 9.69. The van der Waals surface area contributed by atoms with Gasteiger partial charge in [-0.2, -0.15) is 0 Å². The summed E-state index contributed by atoms with van der Waals surface area (Å²) in [4.78, 5) is 18.2. The van der Waals surface area contributed by atoms with Crippen molar-refractivity contribution in [2.24, 2.45) is 0 Å². The molecule has 150 valence electrons. The van der Waals surface area contributed by atoms with Gasteiger partial charge in [0.15, 0.2) is 0 Å². The molecule has 0 aliphatic carbocycles. The van der Waals surface area contributed by atoms with E-state index in [0.29, 0.717) is 11.6 Å². The van der Waals surface area contributed by atoms with Gasteiger partial charge in [-0.25, -0.2) is 0 Å². The number of rotatable bonds is 7. The molecule has 2 aromatic carbocycles. The maximum absolute atomic E-state index is 12.4.